The van der Waals surface area contributed by atoms with Crippen LogP contribution in [0.15, 0.2) is 28.9 Å². The number of benzene rings is 1. The summed E-state index contributed by atoms with van der Waals surface area (Å²) < 4.78 is 7.51. The molecule has 2 aliphatic carbocycles. The summed E-state index contributed by atoms with van der Waals surface area (Å²) in [6, 6.07) is 5.99. The summed E-state index contributed by atoms with van der Waals surface area (Å²) in [7, 11) is 0. The number of halogens is 1. The summed E-state index contributed by atoms with van der Waals surface area (Å²) in [6.45, 7) is 1.99. The van der Waals surface area contributed by atoms with Crippen LogP contribution in [0.2, 0.25) is 5.02 Å². The summed E-state index contributed by atoms with van der Waals surface area (Å²) in [4.78, 5) is 4.60. The largest absolute Gasteiger partial charge is 0.334 e. The van der Waals surface area contributed by atoms with Gasteiger partial charge in [-0.25, -0.2) is 4.68 Å². The zero-order chi connectivity index (χ0) is 17.9. The normalized spacial score (nSPS) is 18.7. The molecule has 0 aliphatic heterocycles. The van der Waals surface area contributed by atoms with Crippen molar-refractivity contribution in [3.63, 3.8) is 0 Å². The first kappa shape index (κ1) is 16.0. The number of hydrogen-bond donors (Lipinski definition) is 1. The van der Waals surface area contributed by atoms with Crippen LogP contribution in [-0.4, -0.2) is 19.9 Å². The molecule has 0 spiro atoms. The Morgan fingerprint density at radius 2 is 2.12 bits per heavy atom. The lowest BCUT2D eigenvalue weighted by atomic mass is 9.77. The van der Waals surface area contributed by atoms with E-state index in [1.807, 2.05) is 36.0 Å². The molecule has 134 valence electrons. The van der Waals surface area contributed by atoms with Crippen LogP contribution in [-0.2, 0) is 5.54 Å². The number of aromatic nitrogens is 4. The maximum Gasteiger partial charge on any atom is 0.261 e. The number of hydrogen-bond acceptors (Lipinski definition) is 5. The van der Waals surface area contributed by atoms with Gasteiger partial charge in [0.05, 0.1) is 28.7 Å². The van der Waals surface area contributed by atoms with Crippen LogP contribution >= 0.6 is 11.6 Å². The van der Waals surface area contributed by atoms with Crippen LogP contribution in [0.1, 0.15) is 55.1 Å². The third kappa shape index (κ3) is 2.47. The van der Waals surface area contributed by atoms with E-state index >= 15 is 0 Å². The Morgan fingerprint density at radius 3 is 2.77 bits per heavy atom. The van der Waals surface area contributed by atoms with E-state index in [9.17, 15) is 0 Å². The number of nitrogens with two attached hydrogens (primary N) is 1. The summed E-state index contributed by atoms with van der Waals surface area (Å²) in [5.74, 6) is 1.56. The van der Waals surface area contributed by atoms with Gasteiger partial charge in [0.15, 0.2) is 5.82 Å². The molecule has 6 nitrogen and oxygen atoms in total. The van der Waals surface area contributed by atoms with Gasteiger partial charge in [-0.1, -0.05) is 22.8 Å². The average molecular weight is 370 g/mol. The lowest BCUT2D eigenvalue weighted by Crippen LogP contribution is -2.44. The van der Waals surface area contributed by atoms with Gasteiger partial charge >= 0.3 is 0 Å². The quantitative estimate of drug-likeness (QED) is 0.748. The highest BCUT2D eigenvalue weighted by Crippen LogP contribution is 2.45. The molecule has 2 fully saturated rings. The number of nitrogens with zero attached hydrogens (tertiary/aromatic N) is 4. The van der Waals surface area contributed by atoms with Gasteiger partial charge in [-0.3, -0.25) is 0 Å². The second-order valence-corrected chi connectivity index (χ2v) is 7.90. The van der Waals surface area contributed by atoms with Crippen molar-refractivity contribution in [3.8, 4) is 17.1 Å². The van der Waals surface area contributed by atoms with E-state index in [2.05, 4.69) is 15.2 Å². The molecule has 0 atom stereocenters. The summed E-state index contributed by atoms with van der Waals surface area (Å²) >= 11 is 6.32. The van der Waals surface area contributed by atoms with Crippen molar-refractivity contribution in [3.05, 3.63) is 46.5 Å². The van der Waals surface area contributed by atoms with E-state index in [-0.39, 0.29) is 0 Å². The van der Waals surface area contributed by atoms with E-state index in [1.54, 1.807) is 0 Å². The highest BCUT2D eigenvalue weighted by Gasteiger charge is 2.40. The van der Waals surface area contributed by atoms with Gasteiger partial charge in [-0.15, -0.1) is 0 Å². The standard InChI is InChI=1S/C19H20ClN5O/c1-11-3-6-13(9-15(11)20)25-16(12-4-5-12)14(10-22-25)17-23-18(24-26-17)19(21)7-2-8-19/h3,6,9-10,12H,2,4-5,7-8,21H2,1H3. The van der Waals surface area contributed by atoms with Gasteiger partial charge < -0.3 is 10.3 Å². The first-order chi connectivity index (χ1) is 12.5. The summed E-state index contributed by atoms with van der Waals surface area (Å²) in [6.07, 6.45) is 7.01. The minimum atomic E-state index is -0.429. The zero-order valence-corrected chi connectivity index (χ0v) is 15.3. The smallest absolute Gasteiger partial charge is 0.261 e. The molecule has 0 radical (unpaired) electrons. The monoisotopic (exact) mass is 369 g/mol. The number of rotatable bonds is 4. The van der Waals surface area contributed by atoms with Gasteiger partial charge in [0, 0.05) is 10.9 Å². The molecule has 2 heterocycles. The molecule has 2 saturated carbocycles. The summed E-state index contributed by atoms with van der Waals surface area (Å²) in [5.41, 5.74) is 9.90. The first-order valence-corrected chi connectivity index (χ1v) is 9.41. The van der Waals surface area contributed by atoms with Crippen molar-refractivity contribution >= 4 is 11.6 Å². The van der Waals surface area contributed by atoms with Gasteiger partial charge in [-0.2, -0.15) is 10.1 Å². The second-order valence-electron chi connectivity index (χ2n) is 7.50. The van der Waals surface area contributed by atoms with Crippen molar-refractivity contribution in [2.75, 3.05) is 0 Å². The molecule has 0 unspecified atom stereocenters. The minimum absolute atomic E-state index is 0.429. The average Bonchev–Trinajstić information content (AvgIpc) is 3.16. The Bertz CT molecular complexity index is 984. The maximum atomic E-state index is 6.33. The topological polar surface area (TPSA) is 82.8 Å². The Labute approximate surface area is 156 Å². The third-order valence-electron chi connectivity index (χ3n) is 5.52. The molecule has 1 aromatic carbocycles. The van der Waals surface area contributed by atoms with Gasteiger partial charge in [-0.05, 0) is 56.7 Å². The zero-order valence-electron chi connectivity index (χ0n) is 14.6. The van der Waals surface area contributed by atoms with Gasteiger partial charge in [0.25, 0.3) is 5.89 Å². The summed E-state index contributed by atoms with van der Waals surface area (Å²) in [5, 5.41) is 9.48. The SMILES string of the molecule is Cc1ccc(-n2ncc(-c3nc(C4(N)CCC4)no3)c2C2CC2)cc1Cl. The van der Waals surface area contributed by atoms with Gasteiger partial charge in [0.2, 0.25) is 0 Å². The molecule has 0 amide bonds. The van der Waals surface area contributed by atoms with Crippen LogP contribution in [0.25, 0.3) is 17.1 Å². The molecule has 2 aliphatic rings. The highest BCUT2D eigenvalue weighted by molar-refractivity contribution is 6.31. The van der Waals surface area contributed by atoms with E-state index in [0.717, 1.165) is 59.6 Å². The van der Waals surface area contributed by atoms with Crippen molar-refractivity contribution in [2.45, 2.75) is 50.5 Å². The van der Waals surface area contributed by atoms with E-state index < -0.39 is 5.54 Å². The molecule has 2 aromatic heterocycles. The Hall–Kier alpha value is -2.18. The van der Waals surface area contributed by atoms with Crippen LogP contribution in [0, 0.1) is 6.92 Å². The molecule has 7 heteroatoms. The van der Waals surface area contributed by atoms with E-state index in [1.165, 1.54) is 0 Å². The number of aryl methyl sites for hydroxylation is 1. The fraction of sp³-hybridized carbons (Fsp3) is 0.421. The minimum Gasteiger partial charge on any atom is -0.334 e. The van der Waals surface area contributed by atoms with Crippen molar-refractivity contribution in [1.29, 1.82) is 0 Å². The third-order valence-corrected chi connectivity index (χ3v) is 5.93. The highest BCUT2D eigenvalue weighted by atomic mass is 35.5. The van der Waals surface area contributed by atoms with E-state index in [0.29, 0.717) is 17.6 Å². The molecular formula is C19H20ClN5O. The first-order valence-electron chi connectivity index (χ1n) is 9.03. The van der Waals surface area contributed by atoms with Crippen LogP contribution in [0.4, 0.5) is 0 Å². The predicted octanol–water partition coefficient (Wildman–Crippen LogP) is 4.10. The van der Waals surface area contributed by atoms with Crippen molar-refractivity contribution in [1.82, 2.24) is 19.9 Å². The Balaban J connectivity index is 1.58. The van der Waals surface area contributed by atoms with Crippen LogP contribution in [0.3, 0.4) is 0 Å². The maximum absolute atomic E-state index is 6.33. The lowest BCUT2D eigenvalue weighted by Gasteiger charge is -2.34. The molecule has 0 bridgehead atoms. The molecule has 3 aromatic rings. The van der Waals surface area contributed by atoms with Crippen molar-refractivity contribution in [2.24, 2.45) is 5.73 Å². The molecule has 26 heavy (non-hydrogen) atoms. The molecule has 5 rings (SSSR count). The fourth-order valence-corrected chi connectivity index (χ4v) is 3.68. The Kier molecular flexibility index (Phi) is 3.49. The molecular weight excluding hydrogens is 350 g/mol. The predicted molar refractivity (Wildman–Crippen MR) is 98.3 cm³/mol. The Morgan fingerprint density at radius 1 is 1.31 bits per heavy atom. The van der Waals surface area contributed by atoms with Crippen LogP contribution in [0.5, 0.6) is 0 Å². The van der Waals surface area contributed by atoms with Crippen LogP contribution < -0.4 is 5.73 Å². The molecule has 0 saturated heterocycles. The second kappa shape index (κ2) is 5.66. The fourth-order valence-electron chi connectivity index (χ4n) is 3.51. The van der Waals surface area contributed by atoms with Crippen molar-refractivity contribution < 1.29 is 4.52 Å². The van der Waals surface area contributed by atoms with E-state index in [4.69, 9.17) is 21.9 Å². The molecule has 2 N–H and O–H groups in total. The lowest BCUT2D eigenvalue weighted by molar-refractivity contribution is 0.229. The van der Waals surface area contributed by atoms with Gasteiger partial charge in [0.1, 0.15) is 0 Å².